The maximum Gasteiger partial charge on any atom is 0.281 e. The zero-order chi connectivity index (χ0) is 26.7. The number of amides is 2. The Kier molecular flexibility index (Phi) is 8.08. The van der Waals surface area contributed by atoms with Crippen molar-refractivity contribution in [2.45, 2.75) is 51.4 Å². The van der Waals surface area contributed by atoms with Crippen LogP contribution in [0.5, 0.6) is 5.75 Å². The number of carbonyl (C=O) groups is 2. The van der Waals surface area contributed by atoms with Crippen LogP contribution in [0.25, 0.3) is 0 Å². The van der Waals surface area contributed by atoms with Gasteiger partial charge in [-0.3, -0.25) is 9.59 Å². The summed E-state index contributed by atoms with van der Waals surface area (Å²) in [6.45, 7) is 4.96. The SMILES string of the molecule is CC(=O)N[C@@H]1[C@@H](O/N=C2\C(=O)N(CCOc3ccccc3C)c3ccc(C)cc32)O[C@@H](CO)[C@@H](O)[C@H]1O. The fourth-order valence-electron chi connectivity index (χ4n) is 4.37. The summed E-state index contributed by atoms with van der Waals surface area (Å²) in [6.07, 6.45) is -5.50. The van der Waals surface area contributed by atoms with Gasteiger partial charge in [0.2, 0.25) is 12.2 Å². The third kappa shape index (κ3) is 5.59. The highest BCUT2D eigenvalue weighted by Crippen LogP contribution is 2.31. The molecule has 0 spiro atoms. The van der Waals surface area contributed by atoms with Crippen molar-refractivity contribution in [1.29, 1.82) is 0 Å². The number of anilines is 1. The van der Waals surface area contributed by atoms with Gasteiger partial charge in [0.05, 0.1) is 18.8 Å². The number of aliphatic hydroxyl groups is 3. The molecule has 2 aliphatic rings. The highest BCUT2D eigenvalue weighted by atomic mass is 16.8. The number of hydrogen-bond donors (Lipinski definition) is 4. The number of hydrogen-bond acceptors (Lipinski definition) is 9. The molecule has 2 amide bonds. The van der Waals surface area contributed by atoms with Crippen LogP contribution < -0.4 is 15.0 Å². The average Bonchev–Trinajstić information content (AvgIpc) is 3.12. The number of oxime groups is 1. The molecule has 2 aromatic carbocycles. The molecule has 0 aliphatic carbocycles. The van der Waals surface area contributed by atoms with Crippen molar-refractivity contribution in [2.24, 2.45) is 5.16 Å². The maximum absolute atomic E-state index is 13.4. The third-order valence-corrected chi connectivity index (χ3v) is 6.31. The molecule has 0 saturated carbocycles. The summed E-state index contributed by atoms with van der Waals surface area (Å²) in [7, 11) is 0. The number of rotatable bonds is 8. The van der Waals surface area contributed by atoms with E-state index < -0.39 is 49.1 Å². The van der Waals surface area contributed by atoms with Crippen LogP contribution in [0.15, 0.2) is 47.6 Å². The molecule has 0 radical (unpaired) electrons. The Bertz CT molecular complexity index is 1190. The largest absolute Gasteiger partial charge is 0.491 e. The van der Waals surface area contributed by atoms with Gasteiger partial charge in [0.25, 0.3) is 5.91 Å². The molecule has 5 atom stereocenters. The molecule has 1 saturated heterocycles. The number of aliphatic hydroxyl groups excluding tert-OH is 3. The first-order valence-corrected chi connectivity index (χ1v) is 12.0. The second kappa shape index (κ2) is 11.3. The Hall–Kier alpha value is -3.51. The van der Waals surface area contributed by atoms with Crippen LogP contribution in [0.2, 0.25) is 0 Å². The highest BCUT2D eigenvalue weighted by Gasteiger charge is 2.46. The maximum atomic E-state index is 13.4. The quantitative estimate of drug-likeness (QED) is 0.371. The predicted molar refractivity (Wildman–Crippen MR) is 133 cm³/mol. The van der Waals surface area contributed by atoms with E-state index in [4.69, 9.17) is 14.3 Å². The molecule has 198 valence electrons. The second-order valence-electron chi connectivity index (χ2n) is 9.07. The Morgan fingerprint density at radius 3 is 2.62 bits per heavy atom. The number of para-hydroxylation sites is 1. The Morgan fingerprint density at radius 1 is 1.16 bits per heavy atom. The van der Waals surface area contributed by atoms with E-state index in [0.717, 1.165) is 16.9 Å². The Morgan fingerprint density at radius 2 is 1.92 bits per heavy atom. The summed E-state index contributed by atoms with van der Waals surface area (Å²) in [5.74, 6) is -0.186. The number of fused-ring (bicyclic) bond motifs is 1. The van der Waals surface area contributed by atoms with Crippen molar-refractivity contribution in [2.75, 3.05) is 24.7 Å². The summed E-state index contributed by atoms with van der Waals surface area (Å²) in [5.41, 5.74) is 3.09. The summed E-state index contributed by atoms with van der Waals surface area (Å²) in [4.78, 5) is 32.1. The van der Waals surface area contributed by atoms with Crippen LogP contribution in [-0.2, 0) is 19.2 Å². The number of nitrogens with one attached hydrogen (secondary N) is 1. The third-order valence-electron chi connectivity index (χ3n) is 6.31. The van der Waals surface area contributed by atoms with E-state index in [1.807, 2.05) is 50.2 Å². The number of ether oxygens (including phenoxy) is 2. The van der Waals surface area contributed by atoms with Crippen molar-refractivity contribution in [3.63, 3.8) is 0 Å². The number of carbonyl (C=O) groups excluding carboxylic acids is 2. The topological polar surface area (TPSA) is 150 Å². The molecule has 1 fully saturated rings. The average molecular weight is 514 g/mol. The lowest BCUT2D eigenvalue weighted by molar-refractivity contribution is -0.270. The van der Waals surface area contributed by atoms with E-state index in [2.05, 4.69) is 10.5 Å². The minimum Gasteiger partial charge on any atom is -0.491 e. The summed E-state index contributed by atoms with van der Waals surface area (Å²) < 4.78 is 11.4. The van der Waals surface area contributed by atoms with Crippen LogP contribution in [0.1, 0.15) is 23.6 Å². The van der Waals surface area contributed by atoms with Gasteiger partial charge < -0.3 is 39.8 Å². The first-order valence-electron chi connectivity index (χ1n) is 12.0. The predicted octanol–water partition coefficient (Wildman–Crippen LogP) is 0.393. The molecule has 11 heteroatoms. The molecule has 0 bridgehead atoms. The smallest absolute Gasteiger partial charge is 0.281 e. The molecule has 4 rings (SSSR count). The van der Waals surface area contributed by atoms with Crippen molar-refractivity contribution in [1.82, 2.24) is 5.32 Å². The monoisotopic (exact) mass is 513 g/mol. The van der Waals surface area contributed by atoms with Gasteiger partial charge in [-0.25, -0.2) is 0 Å². The van der Waals surface area contributed by atoms with Gasteiger partial charge in [0.1, 0.15) is 36.7 Å². The molecule has 4 N–H and O–H groups in total. The van der Waals surface area contributed by atoms with E-state index in [-0.39, 0.29) is 18.9 Å². The first-order chi connectivity index (χ1) is 17.7. The van der Waals surface area contributed by atoms with Crippen molar-refractivity contribution >= 4 is 23.2 Å². The zero-order valence-electron chi connectivity index (χ0n) is 20.8. The number of nitrogens with zero attached hydrogens (tertiary/aromatic N) is 2. The summed E-state index contributed by atoms with van der Waals surface area (Å²) in [6, 6.07) is 11.9. The van der Waals surface area contributed by atoms with E-state index in [0.29, 0.717) is 11.3 Å². The summed E-state index contributed by atoms with van der Waals surface area (Å²) >= 11 is 0. The molecule has 0 unspecified atom stereocenters. The van der Waals surface area contributed by atoms with Gasteiger partial charge in [0, 0.05) is 12.5 Å². The van der Waals surface area contributed by atoms with Crippen LogP contribution in [0.4, 0.5) is 5.69 Å². The molecule has 2 aliphatic heterocycles. The minimum atomic E-state index is -1.50. The van der Waals surface area contributed by atoms with Gasteiger partial charge in [-0.2, -0.15) is 0 Å². The fourth-order valence-corrected chi connectivity index (χ4v) is 4.37. The number of benzene rings is 2. The fraction of sp³-hybridized carbons (Fsp3) is 0.423. The minimum absolute atomic E-state index is 0.0147. The molecular weight excluding hydrogens is 482 g/mol. The first kappa shape index (κ1) is 26.6. The van der Waals surface area contributed by atoms with Gasteiger partial charge in [-0.1, -0.05) is 35.0 Å². The standard InChI is InChI=1S/C26H31N3O8/c1-14-8-9-18-17(12-14)21(25(34)29(18)10-11-35-19-7-5-4-6-15(19)2)28-37-26-22(27-16(3)31)24(33)23(32)20(13-30)36-26/h4-9,12,20,22-24,26,30,32-33H,10-11,13H2,1-3H3,(H,27,31)/b28-21-/t20-,22-,23+,24-,26+/m0/s1. The van der Waals surface area contributed by atoms with E-state index in [1.165, 1.54) is 11.8 Å². The van der Waals surface area contributed by atoms with Crippen LogP contribution in [0, 0.1) is 13.8 Å². The van der Waals surface area contributed by atoms with Crippen molar-refractivity contribution < 1.29 is 39.2 Å². The van der Waals surface area contributed by atoms with Gasteiger partial charge >= 0.3 is 0 Å². The zero-order valence-corrected chi connectivity index (χ0v) is 20.8. The van der Waals surface area contributed by atoms with Gasteiger partial charge in [-0.15, -0.1) is 0 Å². The number of aryl methyl sites for hydroxylation is 2. The van der Waals surface area contributed by atoms with Gasteiger partial charge in [-0.05, 0) is 37.6 Å². The molecule has 0 aromatic heterocycles. The Labute approximate surface area is 214 Å². The van der Waals surface area contributed by atoms with E-state index in [9.17, 15) is 24.9 Å². The lowest BCUT2D eigenvalue weighted by Gasteiger charge is -2.40. The van der Waals surface area contributed by atoms with E-state index in [1.54, 1.807) is 6.07 Å². The second-order valence-corrected chi connectivity index (χ2v) is 9.07. The highest BCUT2D eigenvalue weighted by molar-refractivity contribution is 6.54. The van der Waals surface area contributed by atoms with Crippen LogP contribution in [-0.4, -0.2) is 83.2 Å². The van der Waals surface area contributed by atoms with Crippen molar-refractivity contribution in [3.8, 4) is 5.75 Å². The lowest BCUT2D eigenvalue weighted by Crippen LogP contribution is -2.64. The van der Waals surface area contributed by atoms with Crippen LogP contribution in [0.3, 0.4) is 0 Å². The van der Waals surface area contributed by atoms with Crippen LogP contribution >= 0.6 is 0 Å². The van der Waals surface area contributed by atoms with E-state index >= 15 is 0 Å². The normalized spacial score (nSPS) is 26.2. The molecule has 2 heterocycles. The molecule has 2 aromatic rings. The molecule has 37 heavy (non-hydrogen) atoms. The Balaban J connectivity index is 1.55. The summed E-state index contributed by atoms with van der Waals surface area (Å²) in [5, 5.41) is 36.7. The molecular formula is C26H31N3O8. The molecule has 11 nitrogen and oxygen atoms in total. The van der Waals surface area contributed by atoms with Gasteiger partial charge in [0.15, 0.2) is 5.71 Å². The lowest BCUT2D eigenvalue weighted by atomic mass is 9.97. The van der Waals surface area contributed by atoms with Crippen molar-refractivity contribution in [3.05, 3.63) is 59.2 Å².